The molecule has 1 aliphatic rings. The van der Waals surface area contributed by atoms with E-state index in [1.165, 1.54) is 16.4 Å². The average Bonchev–Trinajstić information content (AvgIpc) is 2.74. The van der Waals surface area contributed by atoms with Gasteiger partial charge in [0, 0.05) is 25.2 Å². The third-order valence-corrected chi connectivity index (χ3v) is 6.52. The second-order valence-corrected chi connectivity index (χ2v) is 8.72. The van der Waals surface area contributed by atoms with Crippen LogP contribution in [0.4, 0.5) is 10.5 Å². The summed E-state index contributed by atoms with van der Waals surface area (Å²) in [6.45, 7) is 1.24. The summed E-state index contributed by atoms with van der Waals surface area (Å²) in [6.07, 6.45) is 0.237. The quantitative estimate of drug-likeness (QED) is 0.599. The Morgan fingerprint density at radius 3 is 2.43 bits per heavy atom. The van der Waals surface area contributed by atoms with E-state index in [0.717, 1.165) is 5.56 Å². The molecular weight excluding hydrogens is 408 g/mol. The Balaban J connectivity index is 1.76. The van der Waals surface area contributed by atoms with Gasteiger partial charge in [-0.15, -0.1) is 0 Å². The zero-order valence-electron chi connectivity index (χ0n) is 16.3. The largest absolute Gasteiger partial charge is 0.379 e. The van der Waals surface area contributed by atoms with Crippen LogP contribution in [0.1, 0.15) is 5.56 Å². The van der Waals surface area contributed by atoms with E-state index in [2.05, 4.69) is 10.6 Å². The summed E-state index contributed by atoms with van der Waals surface area (Å²) in [6, 6.07) is 13.4. The molecule has 1 aliphatic heterocycles. The fraction of sp³-hybridized carbons (Fsp3) is 0.300. The molecule has 0 spiro atoms. The van der Waals surface area contributed by atoms with Crippen molar-refractivity contribution in [2.24, 2.45) is 5.73 Å². The number of morpholine rings is 1. The third kappa shape index (κ3) is 5.56. The van der Waals surface area contributed by atoms with Gasteiger partial charge in [-0.2, -0.15) is 4.31 Å². The van der Waals surface area contributed by atoms with Gasteiger partial charge in [-0.05, 0) is 23.8 Å². The van der Waals surface area contributed by atoms with Crippen LogP contribution in [0.15, 0.2) is 59.5 Å². The molecule has 4 N–H and O–H groups in total. The number of sulfonamides is 1. The van der Waals surface area contributed by atoms with Gasteiger partial charge in [0.15, 0.2) is 0 Å². The minimum atomic E-state index is -3.70. The molecule has 1 heterocycles. The van der Waals surface area contributed by atoms with E-state index in [1.54, 1.807) is 12.1 Å². The number of urea groups is 1. The molecule has 160 valence electrons. The normalized spacial score (nSPS) is 15.9. The Kier molecular flexibility index (Phi) is 7.03. The van der Waals surface area contributed by atoms with Crippen molar-refractivity contribution in [1.82, 2.24) is 9.62 Å². The third-order valence-electron chi connectivity index (χ3n) is 4.63. The molecule has 30 heavy (non-hydrogen) atoms. The van der Waals surface area contributed by atoms with E-state index in [4.69, 9.17) is 10.5 Å². The van der Waals surface area contributed by atoms with E-state index in [1.807, 2.05) is 30.3 Å². The molecule has 3 amide bonds. The molecule has 0 aromatic heterocycles. The van der Waals surface area contributed by atoms with Crippen LogP contribution in [0, 0.1) is 0 Å². The molecular formula is C20H24N4O5S. The maximum absolute atomic E-state index is 12.8. The molecule has 1 fully saturated rings. The molecule has 0 bridgehead atoms. The predicted octanol–water partition coefficient (Wildman–Crippen LogP) is 0.926. The van der Waals surface area contributed by atoms with Crippen molar-refractivity contribution in [1.29, 1.82) is 0 Å². The lowest BCUT2D eigenvalue weighted by molar-refractivity contribution is -0.117. The number of nitrogens with two attached hydrogens (primary N) is 1. The van der Waals surface area contributed by atoms with Crippen LogP contribution in [0.5, 0.6) is 0 Å². The predicted molar refractivity (Wildman–Crippen MR) is 111 cm³/mol. The number of carbonyl (C=O) groups excluding carboxylic acids is 2. The Morgan fingerprint density at radius 2 is 1.77 bits per heavy atom. The number of hydrogen-bond acceptors (Lipinski definition) is 5. The molecule has 1 atom stereocenters. The highest BCUT2D eigenvalue weighted by Gasteiger charge is 2.27. The van der Waals surface area contributed by atoms with Gasteiger partial charge in [-0.25, -0.2) is 13.2 Å². The molecule has 2 aromatic rings. The topological polar surface area (TPSA) is 131 Å². The summed E-state index contributed by atoms with van der Waals surface area (Å²) >= 11 is 0. The number of anilines is 1. The number of carbonyl (C=O) groups is 2. The zero-order valence-corrected chi connectivity index (χ0v) is 17.1. The molecule has 0 aliphatic carbocycles. The highest BCUT2D eigenvalue weighted by atomic mass is 32.2. The monoisotopic (exact) mass is 432 g/mol. The molecule has 0 radical (unpaired) electrons. The van der Waals surface area contributed by atoms with Gasteiger partial charge in [0.25, 0.3) is 0 Å². The minimum Gasteiger partial charge on any atom is -0.379 e. The van der Waals surface area contributed by atoms with Crippen molar-refractivity contribution in [3.63, 3.8) is 0 Å². The second kappa shape index (κ2) is 9.70. The van der Waals surface area contributed by atoms with Crippen LogP contribution < -0.4 is 16.4 Å². The number of ether oxygens (including phenoxy) is 1. The summed E-state index contributed by atoms with van der Waals surface area (Å²) in [4.78, 5) is 24.2. The summed E-state index contributed by atoms with van der Waals surface area (Å²) in [5.74, 6) is -0.501. The zero-order chi connectivity index (χ0) is 21.6. The van der Waals surface area contributed by atoms with Crippen molar-refractivity contribution >= 4 is 27.6 Å². The van der Waals surface area contributed by atoms with Gasteiger partial charge >= 0.3 is 6.03 Å². The number of rotatable bonds is 7. The highest BCUT2D eigenvalue weighted by molar-refractivity contribution is 7.89. The maximum atomic E-state index is 12.8. The number of primary amides is 1. The van der Waals surface area contributed by atoms with Gasteiger partial charge in [0.05, 0.1) is 18.1 Å². The molecule has 1 unspecified atom stereocenters. The van der Waals surface area contributed by atoms with Crippen molar-refractivity contribution in [2.75, 3.05) is 31.6 Å². The second-order valence-electron chi connectivity index (χ2n) is 6.78. The minimum absolute atomic E-state index is 0.0738. The van der Waals surface area contributed by atoms with Gasteiger partial charge in [-0.3, -0.25) is 4.79 Å². The first-order valence-electron chi connectivity index (χ1n) is 9.45. The van der Waals surface area contributed by atoms with Crippen LogP contribution in [-0.4, -0.2) is 57.0 Å². The fourth-order valence-corrected chi connectivity index (χ4v) is 4.58. The smallest absolute Gasteiger partial charge is 0.312 e. The fourth-order valence-electron chi connectivity index (χ4n) is 3.13. The van der Waals surface area contributed by atoms with E-state index < -0.39 is 28.0 Å². The lowest BCUT2D eigenvalue weighted by atomic mass is 10.1. The van der Waals surface area contributed by atoms with Crippen molar-refractivity contribution in [3.05, 3.63) is 60.2 Å². The van der Waals surface area contributed by atoms with Gasteiger partial charge in [0.2, 0.25) is 15.9 Å². The van der Waals surface area contributed by atoms with E-state index in [0.29, 0.717) is 18.9 Å². The van der Waals surface area contributed by atoms with Crippen LogP contribution in [0.2, 0.25) is 0 Å². The summed E-state index contributed by atoms with van der Waals surface area (Å²) in [5.41, 5.74) is 6.36. The van der Waals surface area contributed by atoms with E-state index >= 15 is 0 Å². The molecule has 0 saturated carbocycles. The summed E-state index contributed by atoms with van der Waals surface area (Å²) in [7, 11) is -3.70. The van der Waals surface area contributed by atoms with Crippen molar-refractivity contribution < 1.29 is 22.7 Å². The van der Waals surface area contributed by atoms with E-state index in [9.17, 15) is 18.0 Å². The number of nitrogens with zero attached hydrogens (tertiary/aromatic N) is 1. The van der Waals surface area contributed by atoms with E-state index in [-0.39, 0.29) is 24.4 Å². The Morgan fingerprint density at radius 1 is 1.07 bits per heavy atom. The standard InChI is InChI=1S/C20H24N4O5S/c21-20(26)23-18(13-15-5-2-1-3-6-15)19(25)22-16-7-4-8-17(14-16)30(27,28)24-9-11-29-12-10-24/h1-8,14,18H,9-13H2,(H,22,25)(H3,21,23,26). The first-order chi connectivity index (χ1) is 14.4. The SMILES string of the molecule is NC(=O)NC(Cc1ccccc1)C(=O)Nc1cccc(S(=O)(=O)N2CCOCC2)c1. The first kappa shape index (κ1) is 21.8. The summed E-state index contributed by atoms with van der Waals surface area (Å²) in [5, 5.41) is 5.10. The van der Waals surface area contributed by atoms with Crippen LogP contribution in [0.25, 0.3) is 0 Å². The first-order valence-corrected chi connectivity index (χ1v) is 10.9. The van der Waals surface area contributed by atoms with Crippen LogP contribution in [-0.2, 0) is 26.0 Å². The van der Waals surface area contributed by atoms with Crippen LogP contribution >= 0.6 is 0 Å². The number of nitrogens with one attached hydrogen (secondary N) is 2. The molecule has 9 nitrogen and oxygen atoms in total. The van der Waals surface area contributed by atoms with Gasteiger partial charge in [0.1, 0.15) is 6.04 Å². The van der Waals surface area contributed by atoms with Crippen molar-refractivity contribution in [3.8, 4) is 0 Å². The molecule has 2 aromatic carbocycles. The Hall–Kier alpha value is -2.95. The Bertz CT molecular complexity index is 991. The summed E-state index contributed by atoms with van der Waals surface area (Å²) < 4.78 is 32.2. The van der Waals surface area contributed by atoms with Crippen LogP contribution in [0.3, 0.4) is 0 Å². The van der Waals surface area contributed by atoms with Crippen molar-refractivity contribution in [2.45, 2.75) is 17.4 Å². The number of amides is 3. The van der Waals surface area contributed by atoms with Gasteiger partial charge in [-0.1, -0.05) is 36.4 Å². The number of benzene rings is 2. The molecule has 1 saturated heterocycles. The maximum Gasteiger partial charge on any atom is 0.312 e. The lowest BCUT2D eigenvalue weighted by Gasteiger charge is -2.26. The average molecular weight is 433 g/mol. The molecule has 10 heteroatoms. The highest BCUT2D eigenvalue weighted by Crippen LogP contribution is 2.21. The Labute approximate surface area is 175 Å². The molecule has 3 rings (SSSR count). The lowest BCUT2D eigenvalue weighted by Crippen LogP contribution is -2.47. The van der Waals surface area contributed by atoms with Gasteiger partial charge < -0.3 is 21.1 Å². The number of hydrogen-bond donors (Lipinski definition) is 3.